The van der Waals surface area contributed by atoms with Crippen LogP contribution in [0.5, 0.6) is 5.75 Å². The third-order valence-corrected chi connectivity index (χ3v) is 5.63. The van der Waals surface area contributed by atoms with Crippen molar-refractivity contribution in [3.8, 4) is 34.0 Å². The molecule has 162 valence electrons. The first kappa shape index (κ1) is 20.6. The molecule has 0 radical (unpaired) electrons. The third kappa shape index (κ3) is 3.99. The second kappa shape index (κ2) is 8.67. The van der Waals surface area contributed by atoms with Gasteiger partial charge < -0.3 is 4.74 Å². The van der Waals surface area contributed by atoms with Crippen molar-refractivity contribution in [1.29, 1.82) is 0 Å². The largest absolute Gasteiger partial charge is 0.497 e. The molecule has 0 saturated carbocycles. The molecule has 5 aromatic rings. The number of methoxy groups -OCH3 is 1. The fraction of sp³-hybridized carbons (Fsp3) is 0.111. The van der Waals surface area contributed by atoms with Crippen LogP contribution in [-0.4, -0.2) is 26.9 Å². The van der Waals surface area contributed by atoms with Gasteiger partial charge in [-0.25, -0.2) is 9.97 Å². The molecule has 33 heavy (non-hydrogen) atoms. The zero-order valence-corrected chi connectivity index (χ0v) is 18.4. The average molecular weight is 434 g/mol. The lowest BCUT2D eigenvalue weighted by Gasteiger charge is -2.13. The normalized spacial score (nSPS) is 11.0. The number of fused-ring (bicyclic) bond motifs is 1. The molecule has 0 unspecified atom stereocenters. The first-order chi connectivity index (χ1) is 16.2. The molecular formula is C27H22N4O2. The van der Waals surface area contributed by atoms with Crippen molar-refractivity contribution in [1.82, 2.24) is 19.7 Å². The van der Waals surface area contributed by atoms with Crippen LogP contribution in [0.15, 0.2) is 89.9 Å². The van der Waals surface area contributed by atoms with E-state index in [-0.39, 0.29) is 5.56 Å². The van der Waals surface area contributed by atoms with Crippen LogP contribution < -0.4 is 10.3 Å². The number of nitrogens with zero attached hydrogens (tertiary/aromatic N) is 4. The van der Waals surface area contributed by atoms with Crippen molar-refractivity contribution in [2.45, 2.75) is 13.3 Å². The van der Waals surface area contributed by atoms with Crippen molar-refractivity contribution in [2.75, 3.05) is 7.11 Å². The quantitative estimate of drug-likeness (QED) is 0.386. The van der Waals surface area contributed by atoms with Gasteiger partial charge in [0.05, 0.1) is 12.8 Å². The molecule has 6 heteroatoms. The number of hydrogen-bond donors (Lipinski definition) is 0. The van der Waals surface area contributed by atoms with E-state index in [1.54, 1.807) is 19.4 Å². The molecule has 0 spiro atoms. The third-order valence-electron chi connectivity index (χ3n) is 5.63. The SMILES string of the molecule is CCc1ccc(-c2ccc(=O)n(-c3nc4ncccc4cc3-c3ccc(OC)cc3)n2)cc1. The lowest BCUT2D eigenvalue weighted by atomic mass is 10.0. The molecule has 0 N–H and O–H groups in total. The predicted molar refractivity (Wildman–Crippen MR) is 130 cm³/mol. The van der Waals surface area contributed by atoms with Crippen molar-refractivity contribution in [2.24, 2.45) is 0 Å². The molecule has 2 aromatic carbocycles. The topological polar surface area (TPSA) is 69.9 Å². The van der Waals surface area contributed by atoms with Gasteiger partial charge in [0, 0.05) is 28.8 Å². The van der Waals surface area contributed by atoms with E-state index in [2.05, 4.69) is 29.1 Å². The van der Waals surface area contributed by atoms with Crippen LogP contribution in [0.25, 0.3) is 39.2 Å². The molecule has 0 aliphatic heterocycles. The summed E-state index contributed by atoms with van der Waals surface area (Å²) < 4.78 is 6.66. The van der Waals surface area contributed by atoms with Crippen LogP contribution in [0.1, 0.15) is 12.5 Å². The monoisotopic (exact) mass is 434 g/mol. The first-order valence-electron chi connectivity index (χ1n) is 10.8. The van der Waals surface area contributed by atoms with Gasteiger partial charge in [-0.3, -0.25) is 4.79 Å². The van der Waals surface area contributed by atoms with E-state index in [9.17, 15) is 4.79 Å². The van der Waals surface area contributed by atoms with Gasteiger partial charge in [0.2, 0.25) is 0 Å². The van der Waals surface area contributed by atoms with Crippen LogP contribution in [0.4, 0.5) is 0 Å². The van der Waals surface area contributed by atoms with Gasteiger partial charge in [-0.15, -0.1) is 0 Å². The Hall–Kier alpha value is -4.32. The summed E-state index contributed by atoms with van der Waals surface area (Å²) in [6.07, 6.45) is 2.65. The van der Waals surface area contributed by atoms with Crippen molar-refractivity contribution in [3.05, 3.63) is 101 Å². The molecular weight excluding hydrogens is 412 g/mol. The molecule has 6 nitrogen and oxygen atoms in total. The highest BCUT2D eigenvalue weighted by Crippen LogP contribution is 2.29. The summed E-state index contributed by atoms with van der Waals surface area (Å²) in [6, 6.07) is 24.9. The zero-order valence-electron chi connectivity index (χ0n) is 18.4. The number of rotatable bonds is 5. The van der Waals surface area contributed by atoms with Crippen LogP contribution in [0.3, 0.4) is 0 Å². The van der Waals surface area contributed by atoms with E-state index in [0.717, 1.165) is 34.2 Å². The second-order valence-corrected chi connectivity index (χ2v) is 7.66. The van der Waals surface area contributed by atoms with Gasteiger partial charge >= 0.3 is 0 Å². The number of aryl methyl sites for hydroxylation is 1. The van der Waals surface area contributed by atoms with Crippen LogP contribution in [0, 0.1) is 0 Å². The molecule has 0 fully saturated rings. The molecule has 0 bridgehead atoms. The first-order valence-corrected chi connectivity index (χ1v) is 10.8. The Kier molecular flexibility index (Phi) is 5.40. The Morgan fingerprint density at radius 3 is 2.39 bits per heavy atom. The predicted octanol–water partition coefficient (Wildman–Crippen LogP) is 5.08. The van der Waals surface area contributed by atoms with Gasteiger partial charge in [0.15, 0.2) is 11.5 Å². The number of aromatic nitrogens is 4. The summed E-state index contributed by atoms with van der Waals surface area (Å²) >= 11 is 0. The standard InChI is InChI=1S/C27H22N4O2/c1-3-18-6-8-20(9-7-18)24-14-15-25(32)31(30-24)27-23(19-10-12-22(33-2)13-11-19)17-21-5-4-16-28-26(21)29-27/h4-17H,3H2,1-2H3. The number of hydrogen-bond acceptors (Lipinski definition) is 5. The van der Waals surface area contributed by atoms with Gasteiger partial charge in [-0.05, 0) is 53.9 Å². The summed E-state index contributed by atoms with van der Waals surface area (Å²) in [6.45, 7) is 2.12. The Labute approximate surface area is 191 Å². The van der Waals surface area contributed by atoms with E-state index in [1.807, 2.05) is 54.6 Å². The minimum atomic E-state index is -0.263. The minimum absolute atomic E-state index is 0.263. The van der Waals surface area contributed by atoms with E-state index in [4.69, 9.17) is 9.72 Å². The van der Waals surface area contributed by atoms with Crippen molar-refractivity contribution in [3.63, 3.8) is 0 Å². The van der Waals surface area contributed by atoms with E-state index < -0.39 is 0 Å². The second-order valence-electron chi connectivity index (χ2n) is 7.66. The zero-order chi connectivity index (χ0) is 22.8. The number of pyridine rings is 2. The maximum Gasteiger partial charge on any atom is 0.272 e. The molecule has 5 rings (SSSR count). The Morgan fingerprint density at radius 1 is 0.909 bits per heavy atom. The Balaban J connectivity index is 1.72. The maximum atomic E-state index is 12.9. The highest BCUT2D eigenvalue weighted by Gasteiger charge is 2.15. The van der Waals surface area contributed by atoms with Gasteiger partial charge in [-0.2, -0.15) is 9.78 Å². The highest BCUT2D eigenvalue weighted by atomic mass is 16.5. The maximum absolute atomic E-state index is 12.9. The number of benzene rings is 2. The van der Waals surface area contributed by atoms with Crippen molar-refractivity contribution < 1.29 is 4.74 Å². The molecule has 0 aliphatic carbocycles. The van der Waals surface area contributed by atoms with E-state index >= 15 is 0 Å². The molecule has 0 saturated heterocycles. The lowest BCUT2D eigenvalue weighted by Crippen LogP contribution is -2.22. The summed E-state index contributed by atoms with van der Waals surface area (Å²) in [5, 5.41) is 5.57. The average Bonchev–Trinajstić information content (AvgIpc) is 2.88. The smallest absolute Gasteiger partial charge is 0.272 e. The van der Waals surface area contributed by atoms with E-state index in [0.29, 0.717) is 17.2 Å². The summed E-state index contributed by atoms with van der Waals surface area (Å²) in [5.41, 5.74) is 4.85. The summed E-state index contributed by atoms with van der Waals surface area (Å²) in [7, 11) is 1.63. The van der Waals surface area contributed by atoms with Gasteiger partial charge in [0.25, 0.3) is 5.56 Å². The molecule has 0 aliphatic rings. The molecule has 0 atom stereocenters. The summed E-state index contributed by atoms with van der Waals surface area (Å²) in [4.78, 5) is 22.1. The lowest BCUT2D eigenvalue weighted by molar-refractivity contribution is 0.415. The van der Waals surface area contributed by atoms with Crippen LogP contribution in [0.2, 0.25) is 0 Å². The Morgan fingerprint density at radius 2 is 1.67 bits per heavy atom. The van der Waals surface area contributed by atoms with Gasteiger partial charge in [-0.1, -0.05) is 43.3 Å². The van der Waals surface area contributed by atoms with E-state index in [1.165, 1.54) is 16.3 Å². The van der Waals surface area contributed by atoms with Crippen LogP contribution in [-0.2, 0) is 6.42 Å². The number of ether oxygens (including phenoxy) is 1. The van der Waals surface area contributed by atoms with Crippen LogP contribution >= 0.6 is 0 Å². The minimum Gasteiger partial charge on any atom is -0.497 e. The Bertz CT molecular complexity index is 1490. The summed E-state index contributed by atoms with van der Waals surface area (Å²) in [5.74, 6) is 1.19. The fourth-order valence-corrected chi connectivity index (χ4v) is 3.77. The molecule has 3 aromatic heterocycles. The van der Waals surface area contributed by atoms with Gasteiger partial charge in [0.1, 0.15) is 5.75 Å². The molecule has 0 amide bonds. The highest BCUT2D eigenvalue weighted by molar-refractivity contribution is 5.85. The molecule has 3 heterocycles. The van der Waals surface area contributed by atoms with Crippen molar-refractivity contribution >= 4 is 11.0 Å². The fourth-order valence-electron chi connectivity index (χ4n) is 3.77.